The maximum absolute atomic E-state index is 12.4. The Hall–Kier alpha value is -2.62. The first-order valence-corrected chi connectivity index (χ1v) is 8.19. The van der Waals surface area contributed by atoms with Crippen molar-refractivity contribution in [2.75, 3.05) is 0 Å². The molecular weight excluding hydrogens is 302 g/mol. The monoisotopic (exact) mass is 323 g/mol. The number of nitrogens with one attached hydrogen (secondary N) is 1. The normalized spacial score (nSPS) is 20.2. The summed E-state index contributed by atoms with van der Waals surface area (Å²) in [7, 11) is 0. The lowest BCUT2D eigenvalue weighted by Gasteiger charge is -2.15. The molecule has 3 unspecified atom stereocenters. The number of aryl methyl sites for hydroxylation is 1. The summed E-state index contributed by atoms with van der Waals surface area (Å²) in [4.78, 5) is 23.9. The Kier molecular flexibility index (Phi) is 4.65. The van der Waals surface area contributed by atoms with Gasteiger partial charge in [0.2, 0.25) is 5.91 Å². The maximum atomic E-state index is 12.4. The third-order valence-corrected chi connectivity index (χ3v) is 4.61. The molecule has 2 aromatic carbocycles. The Morgan fingerprint density at radius 3 is 2.46 bits per heavy atom. The number of amides is 1. The van der Waals surface area contributed by atoms with Crippen LogP contribution in [-0.2, 0) is 16.0 Å². The molecule has 4 nitrogen and oxygen atoms in total. The van der Waals surface area contributed by atoms with E-state index < -0.39 is 12.0 Å². The van der Waals surface area contributed by atoms with Gasteiger partial charge in [-0.05, 0) is 36.0 Å². The van der Waals surface area contributed by atoms with E-state index in [0.717, 1.165) is 12.0 Å². The molecule has 1 aliphatic carbocycles. The second-order valence-electron chi connectivity index (χ2n) is 6.39. The van der Waals surface area contributed by atoms with E-state index in [1.54, 1.807) is 0 Å². The molecule has 2 N–H and O–H groups in total. The van der Waals surface area contributed by atoms with E-state index in [1.165, 1.54) is 11.1 Å². The number of aliphatic carboxylic acids is 1. The average Bonchev–Trinajstić information content (AvgIpc) is 3.36. The predicted molar refractivity (Wildman–Crippen MR) is 91.7 cm³/mol. The molecule has 2 aromatic rings. The van der Waals surface area contributed by atoms with Crippen LogP contribution in [0.25, 0.3) is 0 Å². The van der Waals surface area contributed by atoms with Gasteiger partial charge in [-0.2, -0.15) is 0 Å². The van der Waals surface area contributed by atoms with E-state index >= 15 is 0 Å². The van der Waals surface area contributed by atoms with Crippen molar-refractivity contribution >= 4 is 11.9 Å². The van der Waals surface area contributed by atoms with E-state index in [4.69, 9.17) is 0 Å². The van der Waals surface area contributed by atoms with Crippen LogP contribution in [0.15, 0.2) is 54.6 Å². The molecule has 0 spiro atoms. The Morgan fingerprint density at radius 2 is 1.79 bits per heavy atom. The summed E-state index contributed by atoms with van der Waals surface area (Å²) in [5.41, 5.74) is 3.26. The SMILES string of the molecule is Cc1ccccc1C1CC1C(=O)NC(Cc1ccccc1)C(=O)O. The molecule has 1 amide bonds. The van der Waals surface area contributed by atoms with Crippen molar-refractivity contribution in [3.63, 3.8) is 0 Å². The molecule has 0 aliphatic heterocycles. The van der Waals surface area contributed by atoms with Gasteiger partial charge in [0.1, 0.15) is 6.04 Å². The summed E-state index contributed by atoms with van der Waals surface area (Å²) in [5, 5.41) is 12.1. The summed E-state index contributed by atoms with van der Waals surface area (Å²) in [5.74, 6) is -1.08. The van der Waals surface area contributed by atoms with E-state index in [9.17, 15) is 14.7 Å². The minimum Gasteiger partial charge on any atom is -0.480 e. The van der Waals surface area contributed by atoms with Crippen LogP contribution in [0.3, 0.4) is 0 Å². The van der Waals surface area contributed by atoms with Crippen LogP contribution in [0.1, 0.15) is 29.0 Å². The van der Waals surface area contributed by atoms with Gasteiger partial charge in [-0.25, -0.2) is 4.79 Å². The zero-order valence-corrected chi connectivity index (χ0v) is 13.6. The highest BCUT2D eigenvalue weighted by Gasteiger charge is 2.45. The third-order valence-electron chi connectivity index (χ3n) is 4.61. The summed E-state index contributed by atoms with van der Waals surface area (Å²) < 4.78 is 0. The fraction of sp³-hybridized carbons (Fsp3) is 0.300. The highest BCUT2D eigenvalue weighted by atomic mass is 16.4. The maximum Gasteiger partial charge on any atom is 0.326 e. The first-order valence-electron chi connectivity index (χ1n) is 8.19. The first kappa shape index (κ1) is 16.2. The van der Waals surface area contributed by atoms with Gasteiger partial charge < -0.3 is 10.4 Å². The number of rotatable bonds is 6. The fourth-order valence-corrected chi connectivity index (χ4v) is 3.16. The van der Waals surface area contributed by atoms with E-state index in [1.807, 2.05) is 61.5 Å². The number of carbonyl (C=O) groups is 2. The molecule has 0 aromatic heterocycles. The summed E-state index contributed by atoms with van der Waals surface area (Å²) in [6.07, 6.45) is 1.08. The summed E-state index contributed by atoms with van der Waals surface area (Å²) >= 11 is 0. The van der Waals surface area contributed by atoms with Crippen LogP contribution in [0.4, 0.5) is 0 Å². The average molecular weight is 323 g/mol. The van der Waals surface area contributed by atoms with Crippen molar-refractivity contribution in [2.24, 2.45) is 5.92 Å². The van der Waals surface area contributed by atoms with Gasteiger partial charge in [-0.3, -0.25) is 4.79 Å². The molecule has 4 heteroatoms. The number of benzene rings is 2. The van der Waals surface area contributed by atoms with Crippen LogP contribution in [0.2, 0.25) is 0 Å². The number of carboxylic acid groups (broad SMARTS) is 1. The quantitative estimate of drug-likeness (QED) is 0.859. The predicted octanol–water partition coefficient (Wildman–Crippen LogP) is 2.91. The summed E-state index contributed by atoms with van der Waals surface area (Å²) in [6.45, 7) is 2.04. The standard InChI is InChI=1S/C20H21NO3/c1-13-7-5-6-10-15(13)16-12-17(16)19(22)21-18(20(23)24)11-14-8-3-2-4-9-14/h2-10,16-18H,11-12H2,1H3,(H,21,22)(H,23,24). The van der Waals surface area contributed by atoms with Crippen LogP contribution >= 0.6 is 0 Å². The highest BCUT2D eigenvalue weighted by Crippen LogP contribution is 2.48. The van der Waals surface area contributed by atoms with Crippen molar-refractivity contribution in [3.05, 3.63) is 71.3 Å². The molecule has 1 saturated carbocycles. The van der Waals surface area contributed by atoms with Crippen molar-refractivity contribution < 1.29 is 14.7 Å². The molecule has 0 radical (unpaired) electrons. The zero-order chi connectivity index (χ0) is 17.1. The molecule has 3 rings (SSSR count). The van der Waals surface area contributed by atoms with Gasteiger partial charge in [0, 0.05) is 12.3 Å². The molecule has 1 fully saturated rings. The molecule has 0 saturated heterocycles. The smallest absolute Gasteiger partial charge is 0.326 e. The lowest BCUT2D eigenvalue weighted by Crippen LogP contribution is -2.43. The Labute approximate surface area is 141 Å². The van der Waals surface area contributed by atoms with Crippen LogP contribution < -0.4 is 5.32 Å². The number of carboxylic acids is 1. The Balaban J connectivity index is 1.63. The molecule has 3 atom stereocenters. The molecule has 124 valence electrons. The van der Waals surface area contributed by atoms with Gasteiger partial charge in [0.05, 0.1) is 0 Å². The fourth-order valence-electron chi connectivity index (χ4n) is 3.16. The van der Waals surface area contributed by atoms with Gasteiger partial charge in [-0.1, -0.05) is 54.6 Å². The minimum atomic E-state index is -1.000. The van der Waals surface area contributed by atoms with E-state index in [0.29, 0.717) is 6.42 Å². The molecule has 0 heterocycles. The third kappa shape index (κ3) is 3.65. The zero-order valence-electron chi connectivity index (χ0n) is 13.6. The number of hydrogen-bond donors (Lipinski definition) is 2. The topological polar surface area (TPSA) is 66.4 Å². The van der Waals surface area contributed by atoms with E-state index in [2.05, 4.69) is 5.32 Å². The van der Waals surface area contributed by atoms with Gasteiger partial charge in [-0.15, -0.1) is 0 Å². The van der Waals surface area contributed by atoms with Crippen LogP contribution in [0.5, 0.6) is 0 Å². The highest BCUT2D eigenvalue weighted by molar-refractivity contribution is 5.87. The second kappa shape index (κ2) is 6.87. The van der Waals surface area contributed by atoms with Crippen LogP contribution in [0, 0.1) is 12.8 Å². The Bertz CT molecular complexity index is 742. The molecule has 24 heavy (non-hydrogen) atoms. The van der Waals surface area contributed by atoms with Crippen molar-refractivity contribution in [1.82, 2.24) is 5.32 Å². The lowest BCUT2D eigenvalue weighted by atomic mass is 10.0. The largest absolute Gasteiger partial charge is 0.480 e. The van der Waals surface area contributed by atoms with Gasteiger partial charge >= 0.3 is 5.97 Å². The van der Waals surface area contributed by atoms with Gasteiger partial charge in [0.25, 0.3) is 0 Å². The molecule has 0 bridgehead atoms. The lowest BCUT2D eigenvalue weighted by molar-refractivity contribution is -0.142. The Morgan fingerprint density at radius 1 is 1.12 bits per heavy atom. The van der Waals surface area contributed by atoms with Crippen molar-refractivity contribution in [3.8, 4) is 0 Å². The molecule has 1 aliphatic rings. The second-order valence-corrected chi connectivity index (χ2v) is 6.39. The van der Waals surface area contributed by atoms with E-state index in [-0.39, 0.29) is 17.7 Å². The minimum absolute atomic E-state index is 0.122. The number of hydrogen-bond acceptors (Lipinski definition) is 2. The summed E-state index contributed by atoms with van der Waals surface area (Å²) in [6, 6.07) is 16.5. The van der Waals surface area contributed by atoms with Crippen LogP contribution in [-0.4, -0.2) is 23.0 Å². The van der Waals surface area contributed by atoms with Crippen molar-refractivity contribution in [2.45, 2.75) is 31.7 Å². The number of carbonyl (C=O) groups excluding carboxylic acids is 1. The van der Waals surface area contributed by atoms with Crippen molar-refractivity contribution in [1.29, 1.82) is 0 Å². The first-order chi connectivity index (χ1) is 11.6. The van der Waals surface area contributed by atoms with Gasteiger partial charge in [0.15, 0.2) is 0 Å². The molecular formula is C20H21NO3.